The van der Waals surface area contributed by atoms with Gasteiger partial charge in [0, 0.05) is 10.6 Å². The van der Waals surface area contributed by atoms with E-state index in [0.717, 1.165) is 18.1 Å². The number of nitrogens with one attached hydrogen (secondary N) is 1. The van der Waals surface area contributed by atoms with Gasteiger partial charge < -0.3 is 9.73 Å². The Bertz CT molecular complexity index is 479. The molecule has 0 saturated heterocycles. The number of hydrogen-bond donors (Lipinski definition) is 1. The van der Waals surface area contributed by atoms with E-state index in [2.05, 4.69) is 43.4 Å². The number of para-hydroxylation sites is 1. The number of aryl methyl sites for hydroxylation is 1. The molecule has 2 aromatic rings. The molecule has 2 nitrogen and oxygen atoms in total. The molecule has 0 aliphatic rings. The maximum absolute atomic E-state index is 5.42. The molecule has 0 unspecified atom stereocenters. The summed E-state index contributed by atoms with van der Waals surface area (Å²) in [6, 6.07) is 10.4. The minimum Gasteiger partial charge on any atom is -0.467 e. The fourth-order valence-electron chi connectivity index (χ4n) is 1.65. The highest BCUT2D eigenvalue weighted by Crippen LogP contribution is 2.27. The van der Waals surface area contributed by atoms with Crippen molar-refractivity contribution in [3.63, 3.8) is 0 Å². The zero-order valence-electron chi connectivity index (χ0n) is 10.2. The largest absolute Gasteiger partial charge is 0.467 e. The Kier molecular flexibility index (Phi) is 4.15. The van der Waals surface area contributed by atoms with Gasteiger partial charge in [-0.1, -0.05) is 19.1 Å². The zero-order chi connectivity index (χ0) is 12.1. The van der Waals surface area contributed by atoms with Gasteiger partial charge in [-0.05, 0) is 36.4 Å². The molecule has 1 N–H and O–H groups in total. The fraction of sp³-hybridized carbons (Fsp3) is 0.286. The molecular weight excluding hydrogens is 230 g/mol. The molecule has 1 heterocycles. The lowest BCUT2D eigenvalue weighted by Gasteiger charge is -2.10. The van der Waals surface area contributed by atoms with Gasteiger partial charge in [-0.15, -0.1) is 11.8 Å². The Balaban J connectivity index is 2.06. The van der Waals surface area contributed by atoms with Crippen LogP contribution in [0, 0.1) is 6.92 Å². The molecule has 0 atom stereocenters. The van der Waals surface area contributed by atoms with Crippen molar-refractivity contribution < 1.29 is 4.42 Å². The van der Waals surface area contributed by atoms with Gasteiger partial charge in [-0.25, -0.2) is 0 Å². The fourth-order valence-corrected chi connectivity index (χ4v) is 2.44. The van der Waals surface area contributed by atoms with Gasteiger partial charge in [-0.3, -0.25) is 0 Å². The summed E-state index contributed by atoms with van der Waals surface area (Å²) in [6.07, 6.45) is 1.74. The van der Waals surface area contributed by atoms with Crippen LogP contribution in [0.1, 0.15) is 18.2 Å². The van der Waals surface area contributed by atoms with E-state index in [9.17, 15) is 0 Å². The summed E-state index contributed by atoms with van der Waals surface area (Å²) >= 11 is 1.85. The van der Waals surface area contributed by atoms with Crippen LogP contribution >= 0.6 is 11.8 Å². The first-order valence-electron chi connectivity index (χ1n) is 5.80. The molecule has 90 valence electrons. The number of benzene rings is 1. The van der Waals surface area contributed by atoms with E-state index in [1.54, 1.807) is 6.26 Å². The van der Waals surface area contributed by atoms with Crippen LogP contribution in [0.15, 0.2) is 45.9 Å². The molecular formula is C14H17NOS. The van der Waals surface area contributed by atoms with Crippen molar-refractivity contribution in [2.24, 2.45) is 0 Å². The second kappa shape index (κ2) is 5.82. The van der Waals surface area contributed by atoms with Gasteiger partial charge in [0.2, 0.25) is 0 Å². The van der Waals surface area contributed by atoms with Crippen molar-refractivity contribution in [1.82, 2.24) is 0 Å². The van der Waals surface area contributed by atoms with E-state index in [-0.39, 0.29) is 0 Å². The van der Waals surface area contributed by atoms with Gasteiger partial charge in [0.25, 0.3) is 0 Å². The van der Waals surface area contributed by atoms with Gasteiger partial charge in [-0.2, -0.15) is 0 Å². The summed E-state index contributed by atoms with van der Waals surface area (Å²) in [5.41, 5.74) is 2.37. The molecule has 0 aliphatic heterocycles. The van der Waals surface area contributed by atoms with E-state index in [1.165, 1.54) is 16.1 Å². The number of thioether (sulfide) groups is 1. The topological polar surface area (TPSA) is 25.2 Å². The maximum Gasteiger partial charge on any atom is 0.125 e. The first-order valence-corrected chi connectivity index (χ1v) is 6.78. The van der Waals surface area contributed by atoms with Crippen LogP contribution in [0.4, 0.5) is 5.69 Å². The SMILES string of the molecule is CCSc1ccccc1NCc1occc1C. The average Bonchev–Trinajstić information content (AvgIpc) is 2.74. The van der Waals surface area contributed by atoms with Crippen LogP contribution < -0.4 is 5.32 Å². The normalized spacial score (nSPS) is 10.5. The van der Waals surface area contributed by atoms with Gasteiger partial charge in [0.1, 0.15) is 5.76 Å². The van der Waals surface area contributed by atoms with Crippen LogP contribution in [0.25, 0.3) is 0 Å². The molecule has 0 fully saturated rings. The van der Waals surface area contributed by atoms with Crippen LogP contribution in [0.3, 0.4) is 0 Å². The third kappa shape index (κ3) is 3.07. The Labute approximate surface area is 106 Å². The summed E-state index contributed by atoms with van der Waals surface area (Å²) < 4.78 is 5.42. The molecule has 3 heteroatoms. The predicted octanol–water partition coefficient (Wildman–Crippen LogP) is 4.31. The third-order valence-corrected chi connectivity index (χ3v) is 3.55. The summed E-state index contributed by atoms with van der Waals surface area (Å²) in [5, 5.41) is 3.43. The quantitative estimate of drug-likeness (QED) is 0.797. The second-order valence-electron chi connectivity index (χ2n) is 3.81. The van der Waals surface area contributed by atoms with Crippen LogP contribution in [-0.2, 0) is 6.54 Å². The molecule has 2 rings (SSSR count). The smallest absolute Gasteiger partial charge is 0.125 e. The van der Waals surface area contributed by atoms with Crippen LogP contribution in [0.2, 0.25) is 0 Å². The summed E-state index contributed by atoms with van der Waals surface area (Å²) in [6.45, 7) is 4.96. The van der Waals surface area contributed by atoms with Crippen molar-refractivity contribution in [2.75, 3.05) is 11.1 Å². The Morgan fingerprint density at radius 2 is 2.06 bits per heavy atom. The first-order chi connectivity index (χ1) is 8.31. The summed E-state index contributed by atoms with van der Waals surface area (Å²) in [4.78, 5) is 1.29. The average molecular weight is 247 g/mol. The lowest BCUT2D eigenvalue weighted by Crippen LogP contribution is -2.00. The van der Waals surface area contributed by atoms with Gasteiger partial charge in [0.05, 0.1) is 12.8 Å². The minimum absolute atomic E-state index is 0.736. The van der Waals surface area contributed by atoms with E-state index in [0.29, 0.717) is 0 Å². The second-order valence-corrected chi connectivity index (χ2v) is 5.12. The molecule has 1 aromatic heterocycles. The number of rotatable bonds is 5. The maximum atomic E-state index is 5.42. The minimum atomic E-state index is 0.736. The Hall–Kier alpha value is -1.35. The highest BCUT2D eigenvalue weighted by molar-refractivity contribution is 7.99. The van der Waals surface area contributed by atoms with Crippen LogP contribution in [0.5, 0.6) is 0 Å². The molecule has 0 aliphatic carbocycles. The van der Waals surface area contributed by atoms with Crippen molar-refractivity contribution in [1.29, 1.82) is 0 Å². The van der Waals surface area contributed by atoms with E-state index in [4.69, 9.17) is 4.42 Å². The van der Waals surface area contributed by atoms with E-state index < -0.39 is 0 Å². The standard InChI is InChI=1S/C14H17NOS/c1-3-17-14-7-5-4-6-12(14)15-10-13-11(2)8-9-16-13/h4-9,15H,3,10H2,1-2H3. The molecule has 0 bridgehead atoms. The highest BCUT2D eigenvalue weighted by atomic mass is 32.2. The molecule has 1 aromatic carbocycles. The Morgan fingerprint density at radius 1 is 1.24 bits per heavy atom. The van der Waals surface area contributed by atoms with E-state index >= 15 is 0 Å². The molecule has 17 heavy (non-hydrogen) atoms. The molecule has 0 saturated carbocycles. The van der Waals surface area contributed by atoms with Crippen molar-refractivity contribution in [2.45, 2.75) is 25.3 Å². The first kappa shape index (κ1) is 12.1. The molecule has 0 radical (unpaired) electrons. The van der Waals surface area contributed by atoms with E-state index in [1.807, 2.05) is 17.8 Å². The lowest BCUT2D eigenvalue weighted by molar-refractivity contribution is 0.515. The van der Waals surface area contributed by atoms with Crippen molar-refractivity contribution >= 4 is 17.4 Å². The number of anilines is 1. The predicted molar refractivity (Wildman–Crippen MR) is 73.6 cm³/mol. The van der Waals surface area contributed by atoms with Crippen LogP contribution in [-0.4, -0.2) is 5.75 Å². The monoisotopic (exact) mass is 247 g/mol. The lowest BCUT2D eigenvalue weighted by atomic mass is 10.2. The summed E-state index contributed by atoms with van der Waals surface area (Å²) in [7, 11) is 0. The molecule has 0 spiro atoms. The zero-order valence-corrected chi connectivity index (χ0v) is 11.0. The molecule has 0 amide bonds. The Morgan fingerprint density at radius 3 is 2.76 bits per heavy atom. The van der Waals surface area contributed by atoms with Crippen molar-refractivity contribution in [3.05, 3.63) is 47.9 Å². The van der Waals surface area contributed by atoms with Gasteiger partial charge in [0.15, 0.2) is 0 Å². The number of furan rings is 1. The third-order valence-electron chi connectivity index (χ3n) is 2.59. The van der Waals surface area contributed by atoms with Crippen molar-refractivity contribution in [3.8, 4) is 0 Å². The number of hydrogen-bond acceptors (Lipinski definition) is 3. The highest BCUT2D eigenvalue weighted by Gasteiger charge is 2.04. The summed E-state index contributed by atoms with van der Waals surface area (Å²) in [5.74, 6) is 2.08. The van der Waals surface area contributed by atoms with Gasteiger partial charge >= 0.3 is 0 Å².